The molecular formula is C23H20F3NO4. The van der Waals surface area contributed by atoms with Crippen LogP contribution in [0, 0.1) is 30.3 Å². The first-order valence-electron chi connectivity index (χ1n) is 9.95. The monoisotopic (exact) mass is 431 g/mol. The number of nitrogens with zero attached hydrogens (tertiary/aromatic N) is 1. The molecule has 1 atom stereocenters. The minimum Gasteiger partial charge on any atom is -0.503 e. The molecule has 1 aromatic heterocycles. The predicted octanol–water partition coefficient (Wildman–Crippen LogP) is 5.12. The minimum atomic E-state index is -1.32. The quantitative estimate of drug-likeness (QED) is 0.588. The fourth-order valence-electron chi connectivity index (χ4n) is 4.35. The Morgan fingerprint density at radius 1 is 1.19 bits per heavy atom. The maximum Gasteiger partial charge on any atom is 0.311 e. The van der Waals surface area contributed by atoms with E-state index < -0.39 is 41.0 Å². The SMILES string of the molecule is Cc1c(C(CC2CCC2)C(=O)O)c2c(F)c(O)c(F)cc2n1C(=O)c1cccc(F)c1. The Kier molecular flexibility index (Phi) is 5.24. The van der Waals surface area contributed by atoms with Gasteiger partial charge in [0.05, 0.1) is 11.4 Å². The molecular weight excluding hydrogens is 411 g/mol. The summed E-state index contributed by atoms with van der Waals surface area (Å²) in [7, 11) is 0. The first-order valence-corrected chi connectivity index (χ1v) is 9.95. The number of aromatic nitrogens is 1. The Balaban J connectivity index is 2.00. The normalized spacial score (nSPS) is 15.1. The first-order chi connectivity index (χ1) is 14.7. The van der Waals surface area contributed by atoms with Gasteiger partial charge in [-0.1, -0.05) is 25.3 Å². The van der Waals surface area contributed by atoms with Crippen molar-refractivity contribution >= 4 is 22.8 Å². The maximum absolute atomic E-state index is 15.0. The number of carboxylic acids is 1. The molecule has 3 aromatic rings. The zero-order chi connectivity index (χ0) is 22.4. The second-order valence-electron chi connectivity index (χ2n) is 7.99. The number of carbonyl (C=O) groups is 2. The van der Waals surface area contributed by atoms with Gasteiger partial charge in [-0.25, -0.2) is 13.2 Å². The fourth-order valence-corrected chi connectivity index (χ4v) is 4.35. The minimum absolute atomic E-state index is 0.0203. The van der Waals surface area contributed by atoms with Crippen LogP contribution in [0.1, 0.15) is 53.2 Å². The summed E-state index contributed by atoms with van der Waals surface area (Å²) in [6.07, 6.45) is 2.93. The topological polar surface area (TPSA) is 79.5 Å². The standard InChI is InChI=1S/C23H20F3NO4/c1-11-18(15(23(30)31)8-12-4-2-5-12)19-17(10-16(25)21(28)20(19)26)27(11)22(29)13-6-3-7-14(24)9-13/h3,6-7,9-10,12,15,28H,2,4-5,8H2,1H3,(H,30,31). The van der Waals surface area contributed by atoms with Gasteiger partial charge in [0, 0.05) is 22.7 Å². The summed E-state index contributed by atoms with van der Waals surface area (Å²) in [6.45, 7) is 1.44. The van der Waals surface area contributed by atoms with Gasteiger partial charge in [-0.3, -0.25) is 14.2 Å². The molecule has 8 heteroatoms. The second-order valence-corrected chi connectivity index (χ2v) is 7.99. The summed E-state index contributed by atoms with van der Waals surface area (Å²) < 4.78 is 43.9. The zero-order valence-corrected chi connectivity index (χ0v) is 16.7. The lowest BCUT2D eigenvalue weighted by atomic mass is 9.76. The van der Waals surface area contributed by atoms with Crippen molar-refractivity contribution in [3.05, 3.63) is 64.6 Å². The van der Waals surface area contributed by atoms with Gasteiger partial charge in [0.15, 0.2) is 17.4 Å². The third-order valence-corrected chi connectivity index (χ3v) is 6.12. The summed E-state index contributed by atoms with van der Waals surface area (Å²) in [4.78, 5) is 25.3. The van der Waals surface area contributed by atoms with E-state index in [1.807, 2.05) is 0 Å². The van der Waals surface area contributed by atoms with Crippen molar-refractivity contribution in [1.82, 2.24) is 4.57 Å². The van der Waals surface area contributed by atoms with Crippen molar-refractivity contribution in [2.75, 3.05) is 0 Å². The van der Waals surface area contributed by atoms with Gasteiger partial charge in [-0.05, 0) is 43.0 Å². The van der Waals surface area contributed by atoms with E-state index in [4.69, 9.17) is 0 Å². The van der Waals surface area contributed by atoms with Crippen LogP contribution in [0.4, 0.5) is 13.2 Å². The van der Waals surface area contributed by atoms with Crippen LogP contribution < -0.4 is 0 Å². The number of phenols is 1. The number of fused-ring (bicyclic) bond motifs is 1. The molecule has 1 heterocycles. The summed E-state index contributed by atoms with van der Waals surface area (Å²) >= 11 is 0. The Labute approximate surface area is 175 Å². The Morgan fingerprint density at radius 3 is 2.48 bits per heavy atom. The van der Waals surface area contributed by atoms with Crippen LogP contribution in [0.2, 0.25) is 0 Å². The molecule has 1 aliphatic carbocycles. The number of hydrogen-bond acceptors (Lipinski definition) is 3. The smallest absolute Gasteiger partial charge is 0.311 e. The largest absolute Gasteiger partial charge is 0.503 e. The number of hydrogen-bond donors (Lipinski definition) is 2. The number of rotatable bonds is 5. The molecule has 0 bridgehead atoms. The van der Waals surface area contributed by atoms with Gasteiger partial charge in [0.2, 0.25) is 0 Å². The number of benzene rings is 2. The summed E-state index contributed by atoms with van der Waals surface area (Å²) in [5.41, 5.74) is -0.146. The van der Waals surface area contributed by atoms with E-state index in [0.29, 0.717) is 0 Å². The van der Waals surface area contributed by atoms with Crippen molar-refractivity contribution < 1.29 is 33.0 Å². The fraction of sp³-hybridized carbons (Fsp3) is 0.304. The molecule has 31 heavy (non-hydrogen) atoms. The van der Waals surface area contributed by atoms with Crippen molar-refractivity contribution in [3.8, 4) is 5.75 Å². The van der Waals surface area contributed by atoms with Crippen molar-refractivity contribution in [3.63, 3.8) is 0 Å². The average Bonchev–Trinajstić information content (AvgIpc) is 2.96. The molecule has 4 rings (SSSR count). The Hall–Kier alpha value is -3.29. The van der Waals surface area contributed by atoms with Crippen LogP contribution in [-0.4, -0.2) is 26.7 Å². The van der Waals surface area contributed by atoms with Crippen molar-refractivity contribution in [2.45, 2.75) is 38.5 Å². The third-order valence-electron chi connectivity index (χ3n) is 6.12. The molecule has 2 aromatic carbocycles. The third kappa shape index (κ3) is 3.45. The lowest BCUT2D eigenvalue weighted by Gasteiger charge is -2.28. The molecule has 162 valence electrons. The van der Waals surface area contributed by atoms with Crippen LogP contribution in [0.3, 0.4) is 0 Å². The Morgan fingerprint density at radius 2 is 1.90 bits per heavy atom. The van der Waals surface area contributed by atoms with E-state index in [0.717, 1.165) is 42.0 Å². The molecule has 1 fully saturated rings. The van der Waals surface area contributed by atoms with Gasteiger partial charge in [-0.15, -0.1) is 0 Å². The average molecular weight is 431 g/mol. The molecule has 0 amide bonds. The predicted molar refractivity (Wildman–Crippen MR) is 107 cm³/mol. The second kappa shape index (κ2) is 7.76. The number of aliphatic carboxylic acids is 1. The first kappa shape index (κ1) is 21.0. The molecule has 1 aliphatic rings. The highest BCUT2D eigenvalue weighted by atomic mass is 19.1. The van der Waals surface area contributed by atoms with E-state index in [2.05, 4.69) is 0 Å². The van der Waals surface area contributed by atoms with E-state index >= 15 is 4.39 Å². The molecule has 1 saturated carbocycles. The highest BCUT2D eigenvalue weighted by Gasteiger charge is 2.35. The van der Waals surface area contributed by atoms with E-state index in [1.165, 1.54) is 19.1 Å². The van der Waals surface area contributed by atoms with Gasteiger partial charge in [0.25, 0.3) is 5.91 Å². The summed E-state index contributed by atoms with van der Waals surface area (Å²) in [6, 6.07) is 5.62. The van der Waals surface area contributed by atoms with E-state index in [-0.39, 0.29) is 40.1 Å². The van der Waals surface area contributed by atoms with Crippen LogP contribution >= 0.6 is 0 Å². The lowest BCUT2D eigenvalue weighted by Crippen LogP contribution is -2.21. The number of carbonyl (C=O) groups excluding carboxylic acids is 1. The van der Waals surface area contributed by atoms with Crippen LogP contribution in [0.25, 0.3) is 10.9 Å². The van der Waals surface area contributed by atoms with Gasteiger partial charge in [-0.2, -0.15) is 0 Å². The summed E-state index contributed by atoms with van der Waals surface area (Å²) in [5, 5.41) is 19.4. The number of halogens is 3. The molecule has 1 unspecified atom stereocenters. The van der Waals surface area contributed by atoms with Crippen molar-refractivity contribution in [1.29, 1.82) is 0 Å². The molecule has 2 N–H and O–H groups in total. The molecule has 0 radical (unpaired) electrons. The number of carboxylic acid groups (broad SMARTS) is 1. The van der Waals surface area contributed by atoms with Crippen molar-refractivity contribution in [2.24, 2.45) is 5.92 Å². The molecule has 5 nitrogen and oxygen atoms in total. The van der Waals surface area contributed by atoms with Crippen LogP contribution in [0.5, 0.6) is 5.75 Å². The van der Waals surface area contributed by atoms with Gasteiger partial charge in [0.1, 0.15) is 5.82 Å². The Bertz CT molecular complexity index is 1210. The molecule has 0 saturated heterocycles. The van der Waals surface area contributed by atoms with Gasteiger partial charge < -0.3 is 10.2 Å². The summed E-state index contributed by atoms with van der Waals surface area (Å²) in [5.74, 6) is -7.46. The number of phenolic OH excluding ortho intramolecular Hbond substituents is 1. The van der Waals surface area contributed by atoms with E-state index in [1.54, 1.807) is 0 Å². The maximum atomic E-state index is 15.0. The zero-order valence-electron chi connectivity index (χ0n) is 16.7. The molecule has 0 spiro atoms. The highest BCUT2D eigenvalue weighted by Crippen LogP contribution is 2.43. The lowest BCUT2D eigenvalue weighted by molar-refractivity contribution is -0.139. The molecule has 0 aliphatic heterocycles. The highest BCUT2D eigenvalue weighted by molar-refractivity contribution is 6.05. The van der Waals surface area contributed by atoms with Crippen LogP contribution in [0.15, 0.2) is 30.3 Å². The number of aromatic hydroxyl groups is 1. The van der Waals surface area contributed by atoms with Crippen LogP contribution in [-0.2, 0) is 4.79 Å². The van der Waals surface area contributed by atoms with Gasteiger partial charge >= 0.3 is 5.97 Å². The van der Waals surface area contributed by atoms with E-state index in [9.17, 15) is 28.6 Å².